The summed E-state index contributed by atoms with van der Waals surface area (Å²) in [5.41, 5.74) is 1.09. The number of anilines is 2. The highest BCUT2D eigenvalue weighted by Crippen LogP contribution is 2.41. The molecule has 302 valence electrons. The van der Waals surface area contributed by atoms with Crippen LogP contribution in [0.5, 0.6) is 0 Å². The molecule has 6 heterocycles. The van der Waals surface area contributed by atoms with Gasteiger partial charge in [-0.2, -0.15) is 27.9 Å². The first-order valence-electron chi connectivity index (χ1n) is 17.7. The van der Waals surface area contributed by atoms with Gasteiger partial charge in [-0.3, -0.25) is 4.57 Å². The molecule has 7 N–H and O–H groups in total. The van der Waals surface area contributed by atoms with Crippen molar-refractivity contribution < 1.29 is 45.8 Å². The molecule has 25 heteroatoms. The molecule has 0 aliphatic carbocycles. The summed E-state index contributed by atoms with van der Waals surface area (Å²) >= 11 is 0. The molecule has 3 aliphatic rings. The number of hydrogen-bond acceptors (Lipinski definition) is 16. The number of aliphatic hydroxyl groups is 1. The molecule has 0 radical (unpaired) electrons. The second kappa shape index (κ2) is 15.7. The number of urea groups is 1. The Balaban J connectivity index is 1.18. The lowest BCUT2D eigenvalue weighted by Gasteiger charge is -2.21. The number of fused-ring (bicyclic) bond motifs is 1. The summed E-state index contributed by atoms with van der Waals surface area (Å²) in [4.78, 5) is 41.6. The van der Waals surface area contributed by atoms with E-state index in [0.717, 1.165) is 23.3 Å². The van der Waals surface area contributed by atoms with Gasteiger partial charge in [0.2, 0.25) is 21.8 Å². The molecule has 56 heavy (non-hydrogen) atoms. The Kier molecular flexibility index (Phi) is 10.9. The zero-order valence-electron chi connectivity index (χ0n) is 29.8. The number of carbonyl (C=O) groups excluding carboxylic acids is 2. The molecule has 1 aromatic carbocycles. The van der Waals surface area contributed by atoms with Crippen molar-refractivity contribution in [3.63, 3.8) is 0 Å². The number of imidazole rings is 1. The first-order chi connectivity index (χ1) is 26.7. The van der Waals surface area contributed by atoms with Crippen LogP contribution < -0.4 is 31.3 Å². The summed E-state index contributed by atoms with van der Waals surface area (Å²) < 4.78 is 75.5. The predicted octanol–water partition coefficient (Wildman–Crippen LogP) is -0.520. The summed E-state index contributed by atoms with van der Waals surface area (Å²) in [6, 6.07) is 5.52. The van der Waals surface area contributed by atoms with Gasteiger partial charge in [-0.1, -0.05) is 12.1 Å². The van der Waals surface area contributed by atoms with Crippen LogP contribution in [-0.2, 0) is 37.3 Å². The van der Waals surface area contributed by atoms with E-state index in [2.05, 4.69) is 41.7 Å². The fourth-order valence-corrected chi connectivity index (χ4v) is 7.21. The number of nitrogens with two attached hydrogens (primary N) is 1. The number of aliphatic hydroxyl groups excluding tert-OH is 1. The Hall–Kier alpha value is -5.24. The van der Waals surface area contributed by atoms with Crippen LogP contribution in [0, 0.1) is 0 Å². The fourth-order valence-electron chi connectivity index (χ4n) is 6.69. The maximum atomic E-state index is 13.3. The molecule has 21 nitrogen and oxygen atoms in total. The summed E-state index contributed by atoms with van der Waals surface area (Å²) in [5.74, 6) is -2.31. The molecule has 0 spiro atoms. The molecule has 4 aromatic rings. The number of benzene rings is 1. The molecule has 0 unspecified atom stereocenters. The van der Waals surface area contributed by atoms with E-state index in [9.17, 15) is 36.3 Å². The number of sulfonamides is 1. The van der Waals surface area contributed by atoms with Crippen molar-refractivity contribution in [3.8, 4) is 0 Å². The van der Waals surface area contributed by atoms with Crippen molar-refractivity contribution in [1.29, 1.82) is 0 Å². The van der Waals surface area contributed by atoms with Crippen molar-refractivity contribution in [2.45, 2.75) is 80.4 Å². The monoisotopic (exact) mass is 808 g/mol. The maximum absolute atomic E-state index is 13.3. The van der Waals surface area contributed by atoms with Crippen molar-refractivity contribution in [2.75, 3.05) is 42.9 Å². The van der Waals surface area contributed by atoms with Crippen LogP contribution in [0.4, 0.5) is 29.7 Å². The molecule has 2 amide bonds. The van der Waals surface area contributed by atoms with E-state index in [0.29, 0.717) is 32.5 Å². The number of hydrogen-bond donors (Lipinski definition) is 6. The number of carbonyl (C=O) groups is 2. The molecule has 0 bridgehead atoms. The summed E-state index contributed by atoms with van der Waals surface area (Å²) in [7, 11) is -3.87. The molecule has 3 aliphatic heterocycles. The molecule has 3 saturated heterocycles. The Labute approximate surface area is 316 Å². The number of tetrazole rings is 1. The number of aromatic nitrogens is 8. The number of ether oxygens (including phenoxy) is 2. The minimum atomic E-state index is -5.37. The maximum Gasteiger partial charge on any atom is 0.490 e. The lowest BCUT2D eigenvalue weighted by atomic mass is 10.1. The van der Waals surface area contributed by atoms with E-state index in [1.807, 2.05) is 4.90 Å². The Morgan fingerprint density at radius 1 is 1.14 bits per heavy atom. The highest BCUT2D eigenvalue weighted by atomic mass is 32.2. The first kappa shape index (κ1) is 39.0. The van der Waals surface area contributed by atoms with E-state index in [4.69, 9.17) is 24.6 Å². The van der Waals surface area contributed by atoms with Crippen LogP contribution in [0.1, 0.15) is 43.5 Å². The zero-order chi connectivity index (χ0) is 39.8. The van der Waals surface area contributed by atoms with Gasteiger partial charge in [-0.05, 0) is 55.6 Å². The number of primary sulfonamides is 1. The van der Waals surface area contributed by atoms with Gasteiger partial charge in [0.25, 0.3) is 0 Å². The van der Waals surface area contributed by atoms with Crippen LogP contribution in [0.15, 0.2) is 35.5 Å². The van der Waals surface area contributed by atoms with E-state index >= 15 is 0 Å². The Morgan fingerprint density at radius 3 is 2.59 bits per heavy atom. The number of aryl methyl sites for hydroxylation is 1. The Bertz CT molecular complexity index is 2160. The molecule has 6 atom stereocenters. The third-order valence-corrected chi connectivity index (χ3v) is 10.5. The zero-order valence-corrected chi connectivity index (χ0v) is 30.6. The molecular weight excluding hydrogens is 769 g/mol. The number of nitrogens with zero attached hydrogens (tertiary/aromatic N) is 9. The number of halogens is 3. The fraction of sp³-hybridized carbons (Fsp3) is 0.548. The van der Waals surface area contributed by atoms with Gasteiger partial charge in [-0.15, -0.1) is 10.2 Å². The van der Waals surface area contributed by atoms with Crippen LogP contribution in [0.25, 0.3) is 11.2 Å². The van der Waals surface area contributed by atoms with Gasteiger partial charge in [-0.25, -0.2) is 28.1 Å². The highest BCUT2D eigenvalue weighted by Gasteiger charge is 2.53. The SMILES string of the molecule is CCn1nnc([C@H]2O[C@@H](n3cnc4c(NCCc5ccc(S(N)(=O)=O)cc5)nc(N5CC[C@@H](NC(=O)N[C@@H]6CCNC6)C5)nc43)[C@H](O)[C@@H]2OC(=O)C(F)(F)F)n1. The molecule has 7 rings (SSSR count). The minimum absolute atomic E-state index is 0.0255. The molecule has 3 fully saturated rings. The average Bonchev–Trinajstić information content (AvgIpc) is 4.00. The largest absolute Gasteiger partial charge is 0.490 e. The van der Waals surface area contributed by atoms with Gasteiger partial charge in [0, 0.05) is 38.3 Å². The number of nitrogens with one attached hydrogen (secondary N) is 4. The highest BCUT2D eigenvalue weighted by molar-refractivity contribution is 7.89. The number of rotatable bonds is 12. The van der Waals surface area contributed by atoms with Gasteiger partial charge in [0.05, 0.1) is 17.8 Å². The molecule has 0 saturated carbocycles. The third kappa shape index (κ3) is 8.45. The van der Waals surface area contributed by atoms with E-state index in [1.54, 1.807) is 19.1 Å². The molecule has 3 aromatic heterocycles. The Morgan fingerprint density at radius 2 is 1.91 bits per heavy atom. The van der Waals surface area contributed by atoms with E-state index < -0.39 is 46.7 Å². The van der Waals surface area contributed by atoms with Crippen LogP contribution >= 0.6 is 0 Å². The first-order valence-corrected chi connectivity index (χ1v) is 19.2. The van der Waals surface area contributed by atoms with Gasteiger partial charge >= 0.3 is 18.2 Å². The smallest absolute Gasteiger partial charge is 0.449 e. The van der Waals surface area contributed by atoms with Crippen LogP contribution in [0.2, 0.25) is 0 Å². The van der Waals surface area contributed by atoms with Gasteiger partial charge in [0.1, 0.15) is 6.10 Å². The topological polar surface area (TPSA) is 272 Å². The van der Waals surface area contributed by atoms with Crippen LogP contribution in [-0.4, -0.2) is 128 Å². The van der Waals surface area contributed by atoms with Gasteiger partial charge in [0.15, 0.2) is 35.4 Å². The van der Waals surface area contributed by atoms with E-state index in [1.165, 1.54) is 23.0 Å². The lowest BCUT2D eigenvalue weighted by Crippen LogP contribution is -2.47. The summed E-state index contributed by atoms with van der Waals surface area (Å²) in [5, 5.41) is 40.8. The quantitative estimate of drug-likeness (QED) is 0.0983. The number of esters is 1. The second-order valence-electron chi connectivity index (χ2n) is 13.4. The van der Waals surface area contributed by atoms with Crippen molar-refractivity contribution >= 4 is 45.0 Å². The third-order valence-electron chi connectivity index (χ3n) is 9.54. The average molecular weight is 809 g/mol. The number of alkyl halides is 3. The normalized spacial score (nSPS) is 24.1. The van der Waals surface area contributed by atoms with Crippen molar-refractivity contribution in [3.05, 3.63) is 42.0 Å². The summed E-state index contributed by atoms with van der Waals surface area (Å²) in [6.45, 7) is 4.54. The predicted molar refractivity (Wildman–Crippen MR) is 187 cm³/mol. The van der Waals surface area contributed by atoms with Crippen molar-refractivity contribution in [2.24, 2.45) is 5.14 Å². The molecular formula is C31H39F3N14O7S. The lowest BCUT2D eigenvalue weighted by molar-refractivity contribution is -0.210. The van der Waals surface area contributed by atoms with E-state index in [-0.39, 0.29) is 64.9 Å². The van der Waals surface area contributed by atoms with Crippen molar-refractivity contribution in [1.82, 2.24) is 55.7 Å². The van der Waals surface area contributed by atoms with Gasteiger partial charge < -0.3 is 40.7 Å². The minimum Gasteiger partial charge on any atom is -0.449 e. The van der Waals surface area contributed by atoms with Crippen LogP contribution in [0.3, 0.4) is 0 Å². The second-order valence-corrected chi connectivity index (χ2v) is 15.0. The number of amides is 2. The summed E-state index contributed by atoms with van der Waals surface area (Å²) in [6.07, 6.45) is -9.17. The standard InChI is InChI=1S/C31H39F3N14O7S/c1-2-48-44-25(43-45-48)23-22(55-28(50)31(32,33)34)21(49)27(54-23)47-15-38-20-24(37-11-7-16-3-5-19(6-4-16)56(35,52)53)41-29(42-26(20)47)46-12-9-18(14-46)40-30(51)39-17-8-10-36-13-17/h3-6,15,17-18,21-23,27,36,49H,2,7-14H2,1H3,(H2,35,52,53)(H,37,41,42)(H2,39,40,51)/t17-,18-,21-,22+,23+,27-/m1/s1.